The number of ether oxygens (including phenoxy) is 5. The lowest BCUT2D eigenvalue weighted by Crippen LogP contribution is -2.60. The first-order valence-electron chi connectivity index (χ1n) is 20.4. The molecular formula is C42H63N5O11. The number of amides is 1. The number of carbonyl (C=O) groups is 3. The summed E-state index contributed by atoms with van der Waals surface area (Å²) in [4.78, 5) is 59.4. The molecule has 1 aromatic heterocycles. The summed E-state index contributed by atoms with van der Waals surface area (Å²) in [5.74, 6) is -5.14. The van der Waals surface area contributed by atoms with Gasteiger partial charge in [-0.25, -0.2) is 9.98 Å². The number of aliphatic imine (C=N–C) groups is 1. The number of fused-ring (bicyclic) bond motifs is 4. The number of oxime groups is 1. The number of carbonyl (C=O) groups excluding carboxylic acids is 3. The van der Waals surface area contributed by atoms with Crippen molar-refractivity contribution in [1.29, 1.82) is 0 Å². The Balaban J connectivity index is 1.67. The van der Waals surface area contributed by atoms with E-state index in [0.717, 1.165) is 0 Å². The molecule has 0 saturated carbocycles. The molecule has 322 valence electrons. The van der Waals surface area contributed by atoms with E-state index in [0.29, 0.717) is 23.6 Å². The van der Waals surface area contributed by atoms with Crippen molar-refractivity contribution in [2.75, 3.05) is 33.0 Å². The van der Waals surface area contributed by atoms with E-state index >= 15 is 0 Å². The smallest absolute Gasteiger partial charge is 0.316 e. The third kappa shape index (κ3) is 10.0. The Hall–Kier alpha value is -3.64. The first-order chi connectivity index (χ1) is 27.3. The lowest BCUT2D eigenvalue weighted by atomic mass is 9.73. The molecule has 14 atom stereocenters. The molecule has 1 unspecified atom stereocenters. The minimum atomic E-state index is -1.84. The number of anilines is 1. The lowest BCUT2D eigenvalue weighted by molar-refractivity contribution is -0.296. The van der Waals surface area contributed by atoms with Crippen molar-refractivity contribution in [3.8, 4) is 0 Å². The topological polar surface area (TPSA) is 214 Å². The Morgan fingerprint density at radius 1 is 1.07 bits per heavy atom. The van der Waals surface area contributed by atoms with E-state index in [-0.39, 0.29) is 50.3 Å². The number of rotatable bonds is 7. The van der Waals surface area contributed by atoms with Gasteiger partial charge in [-0.15, -0.1) is 0 Å². The van der Waals surface area contributed by atoms with Gasteiger partial charge in [-0.2, -0.15) is 0 Å². The predicted molar refractivity (Wildman–Crippen MR) is 216 cm³/mol. The highest BCUT2D eigenvalue weighted by atomic mass is 16.7. The van der Waals surface area contributed by atoms with E-state index in [9.17, 15) is 24.6 Å². The Morgan fingerprint density at radius 2 is 1.79 bits per heavy atom. The van der Waals surface area contributed by atoms with Gasteiger partial charge in [-0.05, 0) is 85.2 Å². The van der Waals surface area contributed by atoms with Crippen LogP contribution >= 0.6 is 0 Å². The van der Waals surface area contributed by atoms with Gasteiger partial charge in [0.2, 0.25) is 6.10 Å². The molecule has 1 amide bonds. The zero-order valence-corrected chi connectivity index (χ0v) is 35.5. The minimum Gasteiger partial charge on any atom is -0.459 e. The molecular weight excluding hydrogens is 750 g/mol. The maximum absolute atomic E-state index is 14.4. The Kier molecular flexibility index (Phi) is 14.7. The van der Waals surface area contributed by atoms with Crippen LogP contribution in [-0.2, 0) is 42.9 Å². The van der Waals surface area contributed by atoms with Gasteiger partial charge in [-0.1, -0.05) is 45.0 Å². The highest BCUT2D eigenvalue weighted by molar-refractivity contribution is 6.01. The highest BCUT2D eigenvalue weighted by Gasteiger charge is 2.53. The van der Waals surface area contributed by atoms with Gasteiger partial charge < -0.3 is 49.4 Å². The molecule has 5 heterocycles. The van der Waals surface area contributed by atoms with E-state index in [2.05, 4.69) is 10.1 Å². The summed E-state index contributed by atoms with van der Waals surface area (Å²) in [5.41, 5.74) is 3.84. The normalized spacial score (nSPS) is 40.5. The molecule has 4 N–H and O–H groups in total. The van der Waals surface area contributed by atoms with E-state index in [1.165, 1.54) is 13.8 Å². The van der Waals surface area contributed by atoms with E-state index in [4.69, 9.17) is 39.2 Å². The fourth-order valence-electron chi connectivity index (χ4n) is 8.82. The molecule has 0 spiro atoms. The van der Waals surface area contributed by atoms with E-state index < -0.39 is 89.3 Å². The third-order valence-electron chi connectivity index (χ3n) is 12.1. The number of aromatic nitrogens is 1. The molecule has 0 aliphatic carbocycles. The second-order valence-corrected chi connectivity index (χ2v) is 17.1. The molecule has 1 aromatic rings. The predicted octanol–water partition coefficient (Wildman–Crippen LogP) is 3.36. The Bertz CT molecular complexity index is 1730. The van der Waals surface area contributed by atoms with Crippen LogP contribution in [0.3, 0.4) is 0 Å². The largest absolute Gasteiger partial charge is 0.459 e. The van der Waals surface area contributed by atoms with Crippen LogP contribution in [0.4, 0.5) is 5.82 Å². The maximum atomic E-state index is 14.4. The molecule has 3 fully saturated rings. The van der Waals surface area contributed by atoms with Crippen LogP contribution in [0.5, 0.6) is 0 Å². The van der Waals surface area contributed by atoms with Crippen LogP contribution in [-0.4, -0.2) is 137 Å². The van der Waals surface area contributed by atoms with Crippen LogP contribution in [0.2, 0.25) is 0 Å². The van der Waals surface area contributed by atoms with Crippen molar-refractivity contribution in [3.05, 3.63) is 30.0 Å². The molecule has 4 bridgehead atoms. The summed E-state index contributed by atoms with van der Waals surface area (Å²) >= 11 is 0. The second-order valence-electron chi connectivity index (χ2n) is 17.1. The fourth-order valence-corrected chi connectivity index (χ4v) is 8.82. The Morgan fingerprint density at radius 3 is 2.47 bits per heavy atom. The SMILES string of the molecule is CC[C@H]1OC(=O)[C@H](C)C(=O)[C@H](C)[C@@H](O[C@@H]2O[C@H](C)C[C@H](N(C)C)[C@H]2O)[C@@]2(C)C[C@@H](C)C3=NC(=O)C(C/C=C/c4cccc(N)n4)O/N=C(/CO[C@H]([C@H]3C)[C@]1(C)O)CO2. The van der Waals surface area contributed by atoms with Gasteiger partial charge >= 0.3 is 5.97 Å². The first kappa shape index (κ1) is 45.4. The molecule has 16 heteroatoms. The second kappa shape index (κ2) is 18.7. The number of aliphatic hydroxyl groups excluding tert-OH is 1. The van der Waals surface area contributed by atoms with Crippen LogP contribution in [0.15, 0.2) is 34.4 Å². The molecule has 58 heavy (non-hydrogen) atoms. The number of esters is 1. The zero-order valence-electron chi connectivity index (χ0n) is 35.5. The zero-order chi connectivity index (χ0) is 42.7. The van der Waals surface area contributed by atoms with Crippen LogP contribution in [0.1, 0.15) is 86.8 Å². The number of hydrogen-bond acceptors (Lipinski definition) is 15. The summed E-state index contributed by atoms with van der Waals surface area (Å²) < 4.78 is 32.3. The van der Waals surface area contributed by atoms with Crippen molar-refractivity contribution >= 4 is 41.0 Å². The van der Waals surface area contributed by atoms with Crippen molar-refractivity contribution < 1.29 is 53.1 Å². The molecule has 4 aliphatic rings. The molecule has 5 rings (SSSR count). The monoisotopic (exact) mass is 813 g/mol. The molecule has 16 nitrogen and oxygen atoms in total. The molecule has 3 saturated heterocycles. The number of aliphatic hydroxyl groups is 2. The van der Waals surface area contributed by atoms with Gasteiger partial charge in [-0.3, -0.25) is 14.4 Å². The maximum Gasteiger partial charge on any atom is 0.316 e. The minimum absolute atomic E-state index is 0.0872. The van der Waals surface area contributed by atoms with E-state index in [1.54, 1.807) is 51.1 Å². The molecule has 4 aliphatic heterocycles. The van der Waals surface area contributed by atoms with Crippen molar-refractivity contribution in [2.45, 2.75) is 141 Å². The van der Waals surface area contributed by atoms with Crippen LogP contribution in [0, 0.1) is 23.7 Å². The number of nitrogens with two attached hydrogens (primary N) is 1. The number of ketones is 1. The summed E-state index contributed by atoms with van der Waals surface area (Å²) in [6.07, 6.45) is -2.62. The highest BCUT2D eigenvalue weighted by Crippen LogP contribution is 2.40. The number of nitrogen functional groups attached to an aromatic ring is 1. The molecule has 0 radical (unpaired) electrons. The number of Topliss-reactive ketones (excluding diaryl/α,β-unsaturated/α-hetero) is 1. The standard InChI is InChI=1S/C42H63N5O11/c1-11-31-42(8,52)37-24(4)33-22(2)19-41(7,36(25(5)34(48)26(6)39(51)56-31)57-40-35(49)29(47(9)10)18-23(3)55-40)54-21-28(20-53-37)46-58-30(38(50)45-33)16-12-14-27-15-13-17-32(43)44-27/h12-15,17,22-26,29-31,35-37,40,49,52H,11,16,18-21H2,1-10H3,(H2,43,44)/b14-12+,45-33?,46-28-/t22-,23-,24+,25+,26-,29+,30?,31-,35-,36-,37-,40+,41-,42-/m1/s1. The third-order valence-corrected chi connectivity index (χ3v) is 12.1. The van der Waals surface area contributed by atoms with Gasteiger partial charge in [0.05, 0.1) is 42.8 Å². The summed E-state index contributed by atoms with van der Waals surface area (Å²) in [5, 5.41) is 28.4. The number of nitrogens with zero attached hydrogens (tertiary/aromatic N) is 4. The van der Waals surface area contributed by atoms with Crippen molar-refractivity contribution in [3.63, 3.8) is 0 Å². The first-order valence-corrected chi connectivity index (χ1v) is 20.4. The number of likely N-dealkylation sites (N-methyl/N-ethyl adjacent to an activating group) is 1. The molecule has 0 aromatic carbocycles. The number of hydrogen-bond donors (Lipinski definition) is 3. The van der Waals surface area contributed by atoms with E-state index in [1.807, 2.05) is 39.8 Å². The summed E-state index contributed by atoms with van der Waals surface area (Å²) in [6.45, 7) is 13.4. The Labute approximate surface area is 341 Å². The number of cyclic esters (lactones) is 1. The quantitative estimate of drug-likeness (QED) is 0.266. The summed E-state index contributed by atoms with van der Waals surface area (Å²) in [7, 11) is 3.73. The van der Waals surface area contributed by atoms with Crippen molar-refractivity contribution in [2.24, 2.45) is 33.8 Å². The van der Waals surface area contributed by atoms with Gasteiger partial charge in [0.25, 0.3) is 5.91 Å². The average molecular weight is 814 g/mol. The number of pyridine rings is 1. The fraction of sp³-hybridized carbons (Fsp3) is 0.714. The van der Waals surface area contributed by atoms with Gasteiger partial charge in [0, 0.05) is 30.0 Å². The lowest BCUT2D eigenvalue weighted by Gasteiger charge is -2.47. The van der Waals surface area contributed by atoms with Crippen LogP contribution < -0.4 is 5.73 Å². The van der Waals surface area contributed by atoms with Gasteiger partial charge in [0.15, 0.2) is 12.1 Å². The van der Waals surface area contributed by atoms with Gasteiger partial charge in [0.1, 0.15) is 35.3 Å². The average Bonchev–Trinajstić information content (AvgIpc) is 3.19. The van der Waals surface area contributed by atoms with Crippen molar-refractivity contribution in [1.82, 2.24) is 9.88 Å². The summed E-state index contributed by atoms with van der Waals surface area (Å²) in [6, 6.07) is 4.91. The van der Waals surface area contributed by atoms with Crippen LogP contribution in [0.25, 0.3) is 6.08 Å².